The predicted molar refractivity (Wildman–Crippen MR) is 136 cm³/mol. The minimum Gasteiger partial charge on any atom is -0.459 e. The number of likely N-dealkylation sites (tertiary alicyclic amines) is 1. The summed E-state index contributed by atoms with van der Waals surface area (Å²) in [6.07, 6.45) is 0.291. The first kappa shape index (κ1) is 22.8. The first-order valence-electron chi connectivity index (χ1n) is 11.9. The first-order chi connectivity index (χ1) is 17.2. The van der Waals surface area contributed by atoms with Gasteiger partial charge < -0.3 is 4.74 Å². The van der Waals surface area contributed by atoms with Crippen LogP contribution >= 0.6 is 0 Å². The topological polar surface area (TPSA) is 46.6 Å². The van der Waals surface area contributed by atoms with E-state index < -0.39 is 17.6 Å². The molecule has 1 saturated heterocycles. The maximum absolute atomic E-state index is 13.5. The molecule has 0 saturated carbocycles. The van der Waals surface area contributed by atoms with Crippen LogP contribution in [0.15, 0.2) is 121 Å². The van der Waals surface area contributed by atoms with Gasteiger partial charge in [0.25, 0.3) is 0 Å². The van der Waals surface area contributed by atoms with Gasteiger partial charge in [0.05, 0.1) is 5.54 Å². The second kappa shape index (κ2) is 10.1. The molecule has 0 bridgehead atoms. The first-order valence-corrected chi connectivity index (χ1v) is 11.9. The van der Waals surface area contributed by atoms with Crippen molar-refractivity contribution in [2.24, 2.45) is 0 Å². The third-order valence-corrected chi connectivity index (χ3v) is 6.67. The Balaban J connectivity index is 1.64. The van der Waals surface area contributed by atoms with Crippen LogP contribution in [-0.2, 0) is 26.5 Å². The summed E-state index contributed by atoms with van der Waals surface area (Å²) in [5.74, 6) is -0.626. The number of ketones is 1. The number of carbonyl (C=O) groups is 2. The van der Waals surface area contributed by atoms with E-state index in [1.807, 2.05) is 89.8 Å². The monoisotopic (exact) mass is 461 g/mol. The second-order valence-electron chi connectivity index (χ2n) is 8.71. The fourth-order valence-corrected chi connectivity index (χ4v) is 5.13. The largest absolute Gasteiger partial charge is 0.459 e. The Labute approximate surface area is 205 Å². The molecule has 4 aromatic rings. The zero-order valence-corrected chi connectivity index (χ0v) is 19.4. The Morgan fingerprint density at radius 3 is 1.60 bits per heavy atom. The van der Waals surface area contributed by atoms with Crippen molar-refractivity contribution >= 4 is 11.8 Å². The minimum atomic E-state index is -1.00. The van der Waals surface area contributed by atoms with Gasteiger partial charge in [0, 0.05) is 13.0 Å². The van der Waals surface area contributed by atoms with Crippen LogP contribution in [0.1, 0.15) is 28.7 Å². The van der Waals surface area contributed by atoms with Gasteiger partial charge in [0.1, 0.15) is 6.61 Å². The molecule has 0 N–H and O–H groups in total. The van der Waals surface area contributed by atoms with Gasteiger partial charge in [-0.05, 0) is 22.3 Å². The fraction of sp³-hybridized carbons (Fsp3) is 0.161. The van der Waals surface area contributed by atoms with Crippen LogP contribution in [0.3, 0.4) is 0 Å². The lowest BCUT2D eigenvalue weighted by molar-refractivity contribution is -0.154. The third-order valence-electron chi connectivity index (χ3n) is 6.67. The average molecular weight is 462 g/mol. The standard InChI is InChI=1S/C31H27NO3/c33-28-21-22-32(29(28)30(34)35-23-24-13-5-1-6-14-24)31(25-15-7-2-8-16-25,26-17-9-3-10-18-26)27-19-11-4-12-20-27/h1-20,29H,21-23H2/t29-/m0/s1. The zero-order chi connectivity index (χ0) is 24.1. The number of ether oxygens (including phenoxy) is 1. The summed E-state index contributed by atoms with van der Waals surface area (Å²) in [6, 6.07) is 38.8. The number of esters is 1. The van der Waals surface area contributed by atoms with E-state index in [1.165, 1.54) is 0 Å². The van der Waals surface area contributed by atoms with Crippen LogP contribution in [-0.4, -0.2) is 29.2 Å². The number of Topliss-reactive ketones (excluding diaryl/α,β-unsaturated/α-hetero) is 1. The quantitative estimate of drug-likeness (QED) is 0.211. The molecule has 4 nitrogen and oxygen atoms in total. The van der Waals surface area contributed by atoms with Gasteiger partial charge >= 0.3 is 5.97 Å². The number of hydrogen-bond acceptors (Lipinski definition) is 4. The smallest absolute Gasteiger partial charge is 0.331 e. The molecule has 35 heavy (non-hydrogen) atoms. The molecule has 0 aromatic heterocycles. The van der Waals surface area contributed by atoms with E-state index in [2.05, 4.69) is 36.4 Å². The molecule has 0 aliphatic carbocycles. The van der Waals surface area contributed by atoms with Crippen molar-refractivity contribution in [1.82, 2.24) is 4.90 Å². The van der Waals surface area contributed by atoms with Gasteiger partial charge in [-0.1, -0.05) is 121 Å². The predicted octanol–water partition coefficient (Wildman–Crippen LogP) is 5.37. The number of hydrogen-bond donors (Lipinski definition) is 0. The van der Waals surface area contributed by atoms with Crippen molar-refractivity contribution in [2.45, 2.75) is 24.6 Å². The maximum Gasteiger partial charge on any atom is 0.331 e. The normalized spacial score (nSPS) is 16.2. The Hall–Kier alpha value is -4.02. The third kappa shape index (κ3) is 4.29. The lowest BCUT2D eigenvalue weighted by Crippen LogP contribution is -2.54. The van der Waals surface area contributed by atoms with E-state index in [0.717, 1.165) is 22.3 Å². The zero-order valence-electron chi connectivity index (χ0n) is 19.4. The van der Waals surface area contributed by atoms with Gasteiger partial charge in [0.2, 0.25) is 0 Å². The summed E-state index contributed by atoms with van der Waals surface area (Å²) < 4.78 is 5.71. The molecule has 0 unspecified atom stereocenters. The molecule has 0 amide bonds. The maximum atomic E-state index is 13.5. The fourth-order valence-electron chi connectivity index (χ4n) is 5.13. The van der Waals surface area contributed by atoms with Crippen LogP contribution in [0.5, 0.6) is 0 Å². The molecule has 1 fully saturated rings. The van der Waals surface area contributed by atoms with Crippen LogP contribution in [0.4, 0.5) is 0 Å². The SMILES string of the molecule is O=C1CCN(C(c2ccccc2)(c2ccccc2)c2ccccc2)[C@@H]1C(=O)OCc1ccccc1. The van der Waals surface area contributed by atoms with Crippen LogP contribution in [0.25, 0.3) is 0 Å². The van der Waals surface area contributed by atoms with Crippen LogP contribution in [0.2, 0.25) is 0 Å². The van der Waals surface area contributed by atoms with E-state index in [9.17, 15) is 9.59 Å². The van der Waals surface area contributed by atoms with Crippen molar-refractivity contribution in [3.63, 3.8) is 0 Å². The minimum absolute atomic E-state index is 0.116. The van der Waals surface area contributed by atoms with Gasteiger partial charge in [-0.3, -0.25) is 9.69 Å². The van der Waals surface area contributed by atoms with Gasteiger partial charge in [-0.2, -0.15) is 0 Å². The summed E-state index contributed by atoms with van der Waals surface area (Å²) in [4.78, 5) is 28.8. The highest BCUT2D eigenvalue weighted by atomic mass is 16.5. The Bertz CT molecular complexity index is 1180. The number of nitrogens with zero attached hydrogens (tertiary/aromatic N) is 1. The van der Waals surface area contributed by atoms with Crippen molar-refractivity contribution in [3.05, 3.63) is 144 Å². The summed E-state index contributed by atoms with van der Waals surface area (Å²) in [5.41, 5.74) is 3.03. The van der Waals surface area contributed by atoms with E-state index in [4.69, 9.17) is 4.74 Å². The van der Waals surface area contributed by atoms with E-state index in [1.54, 1.807) is 0 Å². The van der Waals surface area contributed by atoms with Crippen molar-refractivity contribution in [3.8, 4) is 0 Å². The van der Waals surface area contributed by atoms with E-state index >= 15 is 0 Å². The lowest BCUT2D eigenvalue weighted by Gasteiger charge is -2.45. The highest BCUT2D eigenvalue weighted by Crippen LogP contribution is 2.45. The molecule has 0 spiro atoms. The summed E-state index contributed by atoms with van der Waals surface area (Å²) in [6.45, 7) is 0.578. The molecule has 174 valence electrons. The number of carbonyl (C=O) groups excluding carboxylic acids is 2. The molecule has 1 heterocycles. The molecular formula is C31H27NO3. The summed E-state index contributed by atoms with van der Waals surface area (Å²) >= 11 is 0. The summed E-state index contributed by atoms with van der Waals surface area (Å²) in [7, 11) is 0. The van der Waals surface area contributed by atoms with Crippen molar-refractivity contribution < 1.29 is 14.3 Å². The highest BCUT2D eigenvalue weighted by Gasteiger charge is 2.52. The highest BCUT2D eigenvalue weighted by molar-refractivity contribution is 6.05. The lowest BCUT2D eigenvalue weighted by atomic mass is 9.75. The second-order valence-corrected chi connectivity index (χ2v) is 8.71. The summed E-state index contributed by atoms with van der Waals surface area (Å²) in [5, 5.41) is 0. The molecular weight excluding hydrogens is 434 g/mol. The average Bonchev–Trinajstić information content (AvgIpc) is 3.32. The molecule has 1 atom stereocenters. The molecule has 1 aliphatic heterocycles. The number of rotatable bonds is 7. The Morgan fingerprint density at radius 2 is 1.14 bits per heavy atom. The Morgan fingerprint density at radius 1 is 0.714 bits per heavy atom. The number of benzene rings is 4. The van der Waals surface area contributed by atoms with E-state index in [-0.39, 0.29) is 12.4 Å². The van der Waals surface area contributed by atoms with Crippen molar-refractivity contribution in [1.29, 1.82) is 0 Å². The van der Waals surface area contributed by atoms with E-state index in [0.29, 0.717) is 13.0 Å². The van der Waals surface area contributed by atoms with Crippen LogP contribution in [0, 0.1) is 0 Å². The van der Waals surface area contributed by atoms with Crippen LogP contribution < -0.4 is 0 Å². The molecule has 1 aliphatic rings. The Kier molecular flexibility index (Phi) is 6.55. The van der Waals surface area contributed by atoms with Gasteiger partial charge in [0.15, 0.2) is 11.8 Å². The molecule has 4 heteroatoms. The molecule has 5 rings (SSSR count). The molecule has 0 radical (unpaired) electrons. The van der Waals surface area contributed by atoms with Gasteiger partial charge in [-0.15, -0.1) is 0 Å². The molecule has 4 aromatic carbocycles. The van der Waals surface area contributed by atoms with Gasteiger partial charge in [-0.25, -0.2) is 4.79 Å². The van der Waals surface area contributed by atoms with Crippen molar-refractivity contribution in [2.75, 3.05) is 6.54 Å².